The van der Waals surface area contributed by atoms with Crippen molar-refractivity contribution in [2.45, 2.75) is 0 Å². The maximum absolute atomic E-state index is 12.7. The molecule has 0 bridgehead atoms. The third-order valence-electron chi connectivity index (χ3n) is 4.03. The van der Waals surface area contributed by atoms with Crippen LogP contribution in [0.1, 0.15) is 20.7 Å². The van der Waals surface area contributed by atoms with E-state index >= 15 is 0 Å². The Bertz CT molecular complexity index is 1030. The number of benzene rings is 1. The molecule has 1 aromatic rings. The standard InChI is InChI=1S/C18H11Cl3N2O4/c1-23(2)14-11(21)17(26)13(10(20)18(14)27)22-12-9(19)15(24)7-5-3-4-6-8(7)16(12)25/h3-6,22H,1-2H3. The first-order chi connectivity index (χ1) is 12.7. The number of rotatable bonds is 3. The van der Waals surface area contributed by atoms with E-state index in [4.69, 9.17) is 34.8 Å². The lowest BCUT2D eigenvalue weighted by Gasteiger charge is -2.25. The lowest BCUT2D eigenvalue weighted by molar-refractivity contribution is -0.116. The summed E-state index contributed by atoms with van der Waals surface area (Å²) in [7, 11) is 3.07. The summed E-state index contributed by atoms with van der Waals surface area (Å²) < 4.78 is 0. The van der Waals surface area contributed by atoms with E-state index in [1.807, 2.05) is 0 Å². The number of nitrogens with one attached hydrogen (secondary N) is 1. The van der Waals surface area contributed by atoms with Crippen LogP contribution in [0.3, 0.4) is 0 Å². The smallest absolute Gasteiger partial charge is 0.224 e. The first-order valence-electron chi connectivity index (χ1n) is 7.58. The first-order valence-corrected chi connectivity index (χ1v) is 8.71. The van der Waals surface area contributed by atoms with Crippen LogP contribution in [-0.2, 0) is 9.59 Å². The Labute approximate surface area is 169 Å². The van der Waals surface area contributed by atoms with Crippen molar-refractivity contribution < 1.29 is 19.2 Å². The Morgan fingerprint density at radius 3 is 1.74 bits per heavy atom. The fraction of sp³-hybridized carbons (Fsp3) is 0.111. The van der Waals surface area contributed by atoms with Crippen molar-refractivity contribution >= 4 is 57.9 Å². The molecule has 9 heteroatoms. The molecule has 0 aromatic heterocycles. The zero-order valence-electron chi connectivity index (χ0n) is 14.0. The van der Waals surface area contributed by atoms with Crippen LogP contribution in [0.15, 0.2) is 56.5 Å². The van der Waals surface area contributed by atoms with Gasteiger partial charge in [0.2, 0.25) is 23.1 Å². The summed E-state index contributed by atoms with van der Waals surface area (Å²) in [6.45, 7) is 0. The normalized spacial score (nSPS) is 17.7. The van der Waals surface area contributed by atoms with E-state index in [-0.39, 0.29) is 27.6 Å². The van der Waals surface area contributed by atoms with E-state index in [2.05, 4.69) is 5.32 Å². The molecule has 0 unspecified atom stereocenters. The van der Waals surface area contributed by atoms with Gasteiger partial charge in [-0.25, -0.2) is 0 Å². The molecule has 0 radical (unpaired) electrons. The summed E-state index contributed by atoms with van der Waals surface area (Å²) in [6, 6.07) is 6.12. The average Bonchev–Trinajstić information content (AvgIpc) is 2.64. The van der Waals surface area contributed by atoms with Crippen LogP contribution in [0.25, 0.3) is 0 Å². The van der Waals surface area contributed by atoms with Gasteiger partial charge in [0, 0.05) is 25.2 Å². The summed E-state index contributed by atoms with van der Waals surface area (Å²) >= 11 is 18.1. The molecule has 0 fully saturated rings. The molecule has 0 aliphatic heterocycles. The van der Waals surface area contributed by atoms with Crippen LogP contribution in [0, 0.1) is 0 Å². The Balaban J connectivity index is 2.07. The van der Waals surface area contributed by atoms with Crippen molar-refractivity contribution in [3.05, 3.63) is 67.6 Å². The van der Waals surface area contributed by atoms with Gasteiger partial charge in [0.25, 0.3) is 0 Å². The molecular weight excluding hydrogens is 415 g/mol. The summed E-state index contributed by atoms with van der Waals surface area (Å²) in [4.78, 5) is 51.5. The van der Waals surface area contributed by atoms with E-state index in [0.717, 1.165) is 0 Å². The number of likely N-dealkylation sites (N-methyl/N-ethyl adjacent to an activating group) is 1. The van der Waals surface area contributed by atoms with Gasteiger partial charge in [-0.3, -0.25) is 19.2 Å². The van der Waals surface area contributed by atoms with Crippen LogP contribution in [0.2, 0.25) is 0 Å². The number of carbonyl (C=O) groups is 4. The van der Waals surface area contributed by atoms with Crippen LogP contribution in [-0.4, -0.2) is 42.1 Å². The molecule has 1 N–H and O–H groups in total. The van der Waals surface area contributed by atoms with E-state index in [9.17, 15) is 19.2 Å². The highest BCUT2D eigenvalue weighted by Crippen LogP contribution is 2.32. The summed E-state index contributed by atoms with van der Waals surface area (Å²) in [5.74, 6) is -2.68. The largest absolute Gasteiger partial charge is 0.373 e. The highest BCUT2D eigenvalue weighted by atomic mass is 35.5. The molecule has 0 saturated heterocycles. The summed E-state index contributed by atoms with van der Waals surface area (Å²) in [6.07, 6.45) is 0. The first kappa shape index (κ1) is 19.4. The van der Waals surface area contributed by atoms with Crippen LogP contribution >= 0.6 is 34.8 Å². The summed E-state index contributed by atoms with van der Waals surface area (Å²) in [5.41, 5.74) is -0.555. The quantitative estimate of drug-likeness (QED) is 0.750. The highest BCUT2D eigenvalue weighted by Gasteiger charge is 2.38. The Hall–Kier alpha value is -2.41. The average molecular weight is 426 g/mol. The van der Waals surface area contributed by atoms with Crippen molar-refractivity contribution in [2.24, 2.45) is 0 Å². The molecule has 138 valence electrons. The van der Waals surface area contributed by atoms with Gasteiger partial charge in [0.15, 0.2) is 0 Å². The molecule has 0 heterocycles. The number of Topliss-reactive ketones (excluding diaryl/α,β-unsaturated/α-hetero) is 4. The molecule has 0 spiro atoms. The number of hydrogen-bond acceptors (Lipinski definition) is 6. The monoisotopic (exact) mass is 424 g/mol. The molecule has 2 aliphatic rings. The van der Waals surface area contributed by atoms with Crippen LogP contribution in [0.4, 0.5) is 0 Å². The Morgan fingerprint density at radius 2 is 1.19 bits per heavy atom. The molecule has 3 rings (SSSR count). The third-order valence-corrected chi connectivity index (χ3v) is 5.10. The van der Waals surface area contributed by atoms with Crippen LogP contribution in [0.5, 0.6) is 0 Å². The van der Waals surface area contributed by atoms with Gasteiger partial charge in [-0.05, 0) is 0 Å². The van der Waals surface area contributed by atoms with Crippen molar-refractivity contribution in [3.8, 4) is 0 Å². The number of halogens is 3. The summed E-state index contributed by atoms with van der Waals surface area (Å²) in [5, 5.41) is 1.25. The van der Waals surface area contributed by atoms with Gasteiger partial charge >= 0.3 is 0 Å². The maximum atomic E-state index is 12.7. The maximum Gasteiger partial charge on any atom is 0.224 e. The fourth-order valence-electron chi connectivity index (χ4n) is 2.73. The topological polar surface area (TPSA) is 83.6 Å². The number of nitrogens with zero attached hydrogens (tertiary/aromatic N) is 1. The molecule has 0 saturated carbocycles. The zero-order valence-corrected chi connectivity index (χ0v) is 16.3. The van der Waals surface area contributed by atoms with E-state index in [1.54, 1.807) is 12.1 Å². The van der Waals surface area contributed by atoms with Gasteiger partial charge in [0.1, 0.15) is 32.2 Å². The fourth-order valence-corrected chi connectivity index (χ4v) is 3.53. The van der Waals surface area contributed by atoms with E-state index in [1.165, 1.54) is 31.1 Å². The number of carbonyl (C=O) groups excluding carboxylic acids is 4. The number of fused-ring (bicyclic) bond motifs is 1. The van der Waals surface area contributed by atoms with Gasteiger partial charge in [-0.2, -0.15) is 0 Å². The number of hydrogen-bond donors (Lipinski definition) is 1. The minimum absolute atomic E-state index is 0.0753. The van der Waals surface area contributed by atoms with Gasteiger partial charge < -0.3 is 10.2 Å². The Morgan fingerprint density at radius 1 is 0.704 bits per heavy atom. The van der Waals surface area contributed by atoms with Crippen LogP contribution < -0.4 is 5.32 Å². The minimum Gasteiger partial charge on any atom is -0.373 e. The Kier molecular flexibility index (Phi) is 4.99. The highest BCUT2D eigenvalue weighted by molar-refractivity contribution is 6.56. The third kappa shape index (κ3) is 3.00. The second-order valence-electron chi connectivity index (χ2n) is 5.92. The SMILES string of the molecule is CN(C)C1=C(Cl)C(=O)C(NC2=C(Cl)C(=O)c3ccccc3C2=O)=C(Cl)C1=O. The minimum atomic E-state index is -0.791. The van der Waals surface area contributed by atoms with Gasteiger partial charge in [-0.1, -0.05) is 59.1 Å². The molecule has 0 amide bonds. The molecular formula is C18H11Cl3N2O4. The van der Waals surface area contributed by atoms with E-state index in [0.29, 0.717) is 0 Å². The lowest BCUT2D eigenvalue weighted by atomic mass is 9.92. The molecule has 0 atom stereocenters. The molecule has 2 aliphatic carbocycles. The van der Waals surface area contributed by atoms with Crippen molar-refractivity contribution in [1.82, 2.24) is 10.2 Å². The lowest BCUT2D eigenvalue weighted by Crippen LogP contribution is -2.36. The molecule has 27 heavy (non-hydrogen) atoms. The predicted octanol–water partition coefficient (Wildman–Crippen LogP) is 2.72. The van der Waals surface area contributed by atoms with E-state index < -0.39 is 38.9 Å². The second-order valence-corrected chi connectivity index (χ2v) is 7.06. The molecule has 6 nitrogen and oxygen atoms in total. The van der Waals surface area contributed by atoms with Gasteiger partial charge in [0.05, 0.1) is 0 Å². The second kappa shape index (κ2) is 6.96. The van der Waals surface area contributed by atoms with Crippen molar-refractivity contribution in [3.63, 3.8) is 0 Å². The number of ketones is 4. The van der Waals surface area contributed by atoms with Crippen molar-refractivity contribution in [2.75, 3.05) is 14.1 Å². The van der Waals surface area contributed by atoms with Crippen molar-refractivity contribution in [1.29, 1.82) is 0 Å². The zero-order chi connectivity index (χ0) is 20.0. The predicted molar refractivity (Wildman–Crippen MR) is 101 cm³/mol. The number of allylic oxidation sites excluding steroid dienone is 4. The molecule has 1 aromatic carbocycles. The van der Waals surface area contributed by atoms with Gasteiger partial charge in [-0.15, -0.1) is 0 Å².